The van der Waals surface area contributed by atoms with Crippen LogP contribution in [0, 0.1) is 5.92 Å². The molecule has 3 N–H and O–H groups in total. The van der Waals surface area contributed by atoms with Crippen molar-refractivity contribution in [3.63, 3.8) is 0 Å². The normalized spacial score (nSPS) is 26.2. The van der Waals surface area contributed by atoms with Gasteiger partial charge in [-0.3, -0.25) is 11.3 Å². The number of nitrogens with zero attached hydrogens (tertiary/aromatic N) is 2. The van der Waals surface area contributed by atoms with E-state index in [0.29, 0.717) is 18.0 Å². The lowest BCUT2D eigenvalue weighted by molar-refractivity contribution is 0.0912. The fourth-order valence-electron chi connectivity index (χ4n) is 2.62. The Kier molecular flexibility index (Phi) is 7.11. The zero-order chi connectivity index (χ0) is 13.5. The van der Waals surface area contributed by atoms with Crippen LogP contribution in [0.2, 0.25) is 0 Å². The molecule has 18 heavy (non-hydrogen) atoms. The molecule has 1 aliphatic heterocycles. The third-order valence-electron chi connectivity index (χ3n) is 4.18. The molecule has 5 heteroatoms. The van der Waals surface area contributed by atoms with Gasteiger partial charge in [-0.15, -0.1) is 0 Å². The Balaban J connectivity index is 2.45. The molecule has 3 unspecified atom stereocenters. The van der Waals surface area contributed by atoms with Crippen LogP contribution in [0.3, 0.4) is 0 Å². The molecule has 3 atom stereocenters. The Morgan fingerprint density at radius 1 is 1.39 bits per heavy atom. The minimum absolute atomic E-state index is 0.360. The van der Waals surface area contributed by atoms with Crippen molar-refractivity contribution in [1.29, 1.82) is 0 Å². The molecular weight excluding hydrogens is 228 g/mol. The van der Waals surface area contributed by atoms with Crippen molar-refractivity contribution in [1.82, 2.24) is 15.2 Å². The molecule has 0 radical (unpaired) electrons. The maximum atomic E-state index is 5.72. The van der Waals surface area contributed by atoms with E-state index < -0.39 is 0 Å². The molecule has 1 fully saturated rings. The number of rotatable bonds is 7. The average Bonchev–Trinajstić information content (AvgIpc) is 2.36. The van der Waals surface area contributed by atoms with Crippen molar-refractivity contribution >= 4 is 0 Å². The fraction of sp³-hybridized carbons (Fsp3) is 1.00. The highest BCUT2D eigenvalue weighted by molar-refractivity contribution is 4.84. The van der Waals surface area contributed by atoms with E-state index >= 15 is 0 Å². The van der Waals surface area contributed by atoms with Gasteiger partial charge in [0.15, 0.2) is 0 Å². The second-order valence-electron chi connectivity index (χ2n) is 5.66. The van der Waals surface area contributed by atoms with Crippen molar-refractivity contribution in [2.45, 2.75) is 31.8 Å². The van der Waals surface area contributed by atoms with E-state index in [0.717, 1.165) is 39.1 Å². The van der Waals surface area contributed by atoms with E-state index in [1.54, 1.807) is 7.11 Å². The van der Waals surface area contributed by atoms with Gasteiger partial charge in [-0.05, 0) is 32.9 Å². The van der Waals surface area contributed by atoms with Gasteiger partial charge in [-0.25, -0.2) is 0 Å². The molecular formula is C13H30N4O. The second-order valence-corrected chi connectivity index (χ2v) is 5.66. The van der Waals surface area contributed by atoms with Crippen LogP contribution < -0.4 is 11.3 Å². The van der Waals surface area contributed by atoms with E-state index in [-0.39, 0.29) is 0 Å². The minimum atomic E-state index is 0.360. The smallest absolute Gasteiger partial charge is 0.0465 e. The van der Waals surface area contributed by atoms with E-state index in [4.69, 9.17) is 10.6 Å². The molecule has 0 saturated carbocycles. The number of hydrazine groups is 1. The lowest BCUT2D eigenvalue weighted by atomic mass is 9.92. The van der Waals surface area contributed by atoms with Crippen LogP contribution in [0.25, 0.3) is 0 Å². The Morgan fingerprint density at radius 2 is 2.11 bits per heavy atom. The van der Waals surface area contributed by atoms with Gasteiger partial charge in [-0.2, -0.15) is 0 Å². The molecule has 108 valence electrons. The lowest BCUT2D eigenvalue weighted by Crippen LogP contribution is -2.53. The summed E-state index contributed by atoms with van der Waals surface area (Å²) in [5.74, 6) is 6.26. The number of ether oxygens (including phenoxy) is 1. The van der Waals surface area contributed by atoms with E-state index in [9.17, 15) is 0 Å². The first kappa shape index (κ1) is 15.9. The maximum Gasteiger partial charge on any atom is 0.0465 e. The summed E-state index contributed by atoms with van der Waals surface area (Å²) in [6.45, 7) is 6.49. The van der Waals surface area contributed by atoms with Crippen molar-refractivity contribution < 1.29 is 4.74 Å². The van der Waals surface area contributed by atoms with Crippen molar-refractivity contribution in [3.05, 3.63) is 0 Å². The van der Waals surface area contributed by atoms with Gasteiger partial charge in [0.05, 0.1) is 0 Å². The van der Waals surface area contributed by atoms with Gasteiger partial charge >= 0.3 is 0 Å². The van der Waals surface area contributed by atoms with Crippen LogP contribution in [-0.4, -0.2) is 69.3 Å². The number of hydrogen-bond acceptors (Lipinski definition) is 5. The molecule has 0 spiro atoms. The zero-order valence-electron chi connectivity index (χ0n) is 12.4. The highest BCUT2D eigenvalue weighted by Gasteiger charge is 2.27. The van der Waals surface area contributed by atoms with Gasteiger partial charge in [0, 0.05) is 45.4 Å². The zero-order valence-corrected chi connectivity index (χ0v) is 12.4. The van der Waals surface area contributed by atoms with E-state index in [1.165, 1.54) is 0 Å². The van der Waals surface area contributed by atoms with Gasteiger partial charge < -0.3 is 14.5 Å². The quantitative estimate of drug-likeness (QED) is 0.502. The van der Waals surface area contributed by atoms with Crippen molar-refractivity contribution in [2.24, 2.45) is 11.8 Å². The SMILES string of the molecule is COCCC(C)C(CC1CN(C)CCN1C)NN. The van der Waals surface area contributed by atoms with E-state index in [2.05, 4.69) is 36.2 Å². The van der Waals surface area contributed by atoms with Gasteiger partial charge in [-0.1, -0.05) is 6.92 Å². The van der Waals surface area contributed by atoms with Crippen LogP contribution in [0.4, 0.5) is 0 Å². The molecule has 1 heterocycles. The summed E-state index contributed by atoms with van der Waals surface area (Å²) < 4.78 is 5.15. The molecule has 1 saturated heterocycles. The van der Waals surface area contributed by atoms with Gasteiger partial charge in [0.25, 0.3) is 0 Å². The Hall–Kier alpha value is -0.200. The van der Waals surface area contributed by atoms with Gasteiger partial charge in [0.1, 0.15) is 0 Å². The Morgan fingerprint density at radius 3 is 2.72 bits per heavy atom. The topological polar surface area (TPSA) is 53.8 Å². The summed E-state index contributed by atoms with van der Waals surface area (Å²) in [4.78, 5) is 4.85. The fourth-order valence-corrected chi connectivity index (χ4v) is 2.62. The largest absolute Gasteiger partial charge is 0.385 e. The molecule has 1 aliphatic rings. The highest BCUT2D eigenvalue weighted by atomic mass is 16.5. The Labute approximate surface area is 112 Å². The van der Waals surface area contributed by atoms with Crippen LogP contribution in [-0.2, 0) is 4.74 Å². The third-order valence-corrected chi connectivity index (χ3v) is 4.18. The monoisotopic (exact) mass is 258 g/mol. The first-order valence-electron chi connectivity index (χ1n) is 6.92. The molecule has 0 aromatic rings. The number of piperazine rings is 1. The lowest BCUT2D eigenvalue weighted by Gasteiger charge is -2.40. The Bertz CT molecular complexity index is 227. The van der Waals surface area contributed by atoms with Crippen molar-refractivity contribution in [3.8, 4) is 0 Å². The van der Waals surface area contributed by atoms with Crippen LogP contribution >= 0.6 is 0 Å². The second kappa shape index (κ2) is 8.07. The number of likely N-dealkylation sites (N-methyl/N-ethyl adjacent to an activating group) is 2. The summed E-state index contributed by atoms with van der Waals surface area (Å²) in [6.07, 6.45) is 2.15. The van der Waals surface area contributed by atoms with Crippen molar-refractivity contribution in [2.75, 3.05) is 47.4 Å². The summed E-state index contributed by atoms with van der Waals surface area (Å²) in [5.41, 5.74) is 2.99. The summed E-state index contributed by atoms with van der Waals surface area (Å²) in [6, 6.07) is 0.953. The van der Waals surface area contributed by atoms with E-state index in [1.807, 2.05) is 0 Å². The number of nitrogens with two attached hydrogens (primary N) is 1. The van der Waals surface area contributed by atoms with Crippen LogP contribution in [0.5, 0.6) is 0 Å². The molecule has 0 aromatic carbocycles. The van der Waals surface area contributed by atoms with Crippen LogP contribution in [0.1, 0.15) is 19.8 Å². The number of nitrogens with one attached hydrogen (secondary N) is 1. The third kappa shape index (κ3) is 4.82. The average molecular weight is 258 g/mol. The predicted molar refractivity (Wildman–Crippen MR) is 75.3 cm³/mol. The summed E-state index contributed by atoms with van der Waals surface area (Å²) in [5, 5.41) is 0. The molecule has 0 bridgehead atoms. The number of methoxy groups -OCH3 is 1. The minimum Gasteiger partial charge on any atom is -0.385 e. The molecule has 0 aromatic heterocycles. The standard InChI is InChI=1S/C13H30N4O/c1-11(5-8-18-4)13(15-14)9-12-10-16(2)6-7-17(12)3/h11-13,15H,5-10,14H2,1-4H3. The molecule has 1 rings (SSSR count). The van der Waals surface area contributed by atoms with Gasteiger partial charge in [0.2, 0.25) is 0 Å². The maximum absolute atomic E-state index is 5.72. The molecule has 0 aliphatic carbocycles. The first-order chi connectivity index (χ1) is 8.58. The molecule has 0 amide bonds. The highest BCUT2D eigenvalue weighted by Crippen LogP contribution is 2.18. The number of hydrogen-bond donors (Lipinski definition) is 2. The molecule has 5 nitrogen and oxygen atoms in total. The summed E-state index contributed by atoms with van der Waals surface area (Å²) >= 11 is 0. The summed E-state index contributed by atoms with van der Waals surface area (Å²) in [7, 11) is 6.16. The van der Waals surface area contributed by atoms with Crippen LogP contribution in [0.15, 0.2) is 0 Å². The predicted octanol–water partition coefficient (Wildman–Crippen LogP) is 0.127. The first-order valence-corrected chi connectivity index (χ1v) is 6.92.